The summed E-state index contributed by atoms with van der Waals surface area (Å²) in [5.74, 6) is -0.341. The Morgan fingerprint density at radius 3 is 2.71 bits per heavy atom. The van der Waals surface area contributed by atoms with Gasteiger partial charge in [-0.25, -0.2) is 0 Å². The first-order valence-electron chi connectivity index (χ1n) is 5.79. The van der Waals surface area contributed by atoms with Crippen molar-refractivity contribution in [3.8, 4) is 0 Å². The fraction of sp³-hybridized carbons (Fsp3) is 0.889. The number of nitrogens with zero attached hydrogens (tertiary/aromatic N) is 1. The molecule has 0 aromatic carbocycles. The molecule has 2 fully saturated rings. The molecular formula is C9H15BF3N2O2-. The highest BCUT2D eigenvalue weighted by molar-refractivity contribution is 6.58. The summed E-state index contributed by atoms with van der Waals surface area (Å²) in [7, 11) is 0. The minimum Gasteiger partial charge on any atom is -0.448 e. The van der Waals surface area contributed by atoms with Gasteiger partial charge in [-0.3, -0.25) is 4.79 Å². The molecule has 2 rings (SSSR count). The first-order valence-corrected chi connectivity index (χ1v) is 5.79. The zero-order chi connectivity index (χ0) is 12.5. The molecule has 1 unspecified atom stereocenters. The summed E-state index contributed by atoms with van der Waals surface area (Å²) in [5, 5.41) is 2.72. The van der Waals surface area contributed by atoms with Crippen molar-refractivity contribution >= 4 is 12.9 Å². The van der Waals surface area contributed by atoms with E-state index < -0.39 is 19.5 Å². The van der Waals surface area contributed by atoms with Gasteiger partial charge in [0.25, 0.3) is 0 Å². The Kier molecular flexibility index (Phi) is 3.62. The molecule has 1 atom stereocenters. The Hall–Kier alpha value is -0.755. The van der Waals surface area contributed by atoms with Crippen LogP contribution in [0, 0.1) is 0 Å². The topological polar surface area (TPSA) is 41.6 Å². The number of halogens is 3. The molecule has 17 heavy (non-hydrogen) atoms. The van der Waals surface area contributed by atoms with Gasteiger partial charge in [0.1, 0.15) is 6.04 Å². The van der Waals surface area contributed by atoms with E-state index in [1.807, 2.05) is 0 Å². The second-order valence-electron chi connectivity index (χ2n) is 4.58. The van der Waals surface area contributed by atoms with Crippen LogP contribution in [-0.4, -0.2) is 56.1 Å². The zero-order valence-electron chi connectivity index (χ0n) is 9.37. The molecule has 1 amide bonds. The monoisotopic (exact) mass is 251 g/mol. The Bertz CT molecular complexity index is 296. The summed E-state index contributed by atoms with van der Waals surface area (Å²) < 4.78 is 42.3. The third-order valence-corrected chi connectivity index (χ3v) is 2.91. The number of hydrogen-bond acceptors (Lipinski definition) is 3. The summed E-state index contributed by atoms with van der Waals surface area (Å²) in [5.41, 5.74) is 0. The summed E-state index contributed by atoms with van der Waals surface area (Å²) in [6.07, 6.45) is 0.844. The number of carbonyl (C=O) groups is 1. The lowest BCUT2D eigenvalue weighted by atomic mass is 9.90. The van der Waals surface area contributed by atoms with Crippen molar-refractivity contribution in [3.63, 3.8) is 0 Å². The smallest absolute Gasteiger partial charge is 0.448 e. The van der Waals surface area contributed by atoms with Gasteiger partial charge in [0.2, 0.25) is 5.91 Å². The molecule has 1 aliphatic carbocycles. The van der Waals surface area contributed by atoms with Crippen molar-refractivity contribution in [2.75, 3.05) is 26.2 Å². The van der Waals surface area contributed by atoms with E-state index in [9.17, 15) is 17.7 Å². The van der Waals surface area contributed by atoms with E-state index in [4.69, 9.17) is 4.74 Å². The number of hydrogen-bond donors (Lipinski definition) is 1. The molecule has 0 aromatic rings. The van der Waals surface area contributed by atoms with Crippen molar-refractivity contribution < 1.29 is 22.5 Å². The number of ether oxygens (including phenoxy) is 1. The van der Waals surface area contributed by atoms with Gasteiger partial charge < -0.3 is 27.9 Å². The maximum Gasteiger partial charge on any atom is 0.492 e. The Balaban J connectivity index is 1.93. The number of morpholine rings is 1. The van der Waals surface area contributed by atoms with Crippen LogP contribution in [0.2, 0.25) is 0 Å². The van der Waals surface area contributed by atoms with Gasteiger partial charge in [-0.05, 0) is 19.3 Å². The lowest BCUT2D eigenvalue weighted by Gasteiger charge is -2.37. The normalized spacial score (nSPS) is 26.9. The minimum atomic E-state index is -4.91. The Labute approximate surface area is 97.5 Å². The summed E-state index contributed by atoms with van der Waals surface area (Å²) >= 11 is 0. The van der Waals surface area contributed by atoms with Crippen LogP contribution in [0.5, 0.6) is 0 Å². The number of carbonyl (C=O) groups excluding carboxylic acids is 1. The van der Waals surface area contributed by atoms with Gasteiger partial charge in [-0.2, -0.15) is 0 Å². The molecule has 98 valence electrons. The maximum atomic E-state index is 12.4. The first-order chi connectivity index (χ1) is 7.96. The molecule has 1 heterocycles. The minimum absolute atomic E-state index is 0.0463. The van der Waals surface area contributed by atoms with Crippen LogP contribution in [0.1, 0.15) is 12.8 Å². The van der Waals surface area contributed by atoms with E-state index in [1.165, 1.54) is 4.90 Å². The van der Waals surface area contributed by atoms with Gasteiger partial charge >= 0.3 is 6.98 Å². The molecule has 0 bridgehead atoms. The molecule has 0 spiro atoms. The summed E-state index contributed by atoms with van der Waals surface area (Å²) in [4.78, 5) is 12.9. The van der Waals surface area contributed by atoms with Gasteiger partial charge in [0.15, 0.2) is 0 Å². The largest absolute Gasteiger partial charge is 0.492 e. The maximum absolute atomic E-state index is 12.4. The van der Waals surface area contributed by atoms with Crippen LogP contribution >= 0.6 is 0 Å². The second kappa shape index (κ2) is 4.85. The fourth-order valence-electron chi connectivity index (χ4n) is 1.89. The SMILES string of the molecule is O=C(NC1CC1)C1COCCN1C[B-](F)(F)F. The van der Waals surface area contributed by atoms with Crippen LogP contribution in [0.4, 0.5) is 12.9 Å². The fourth-order valence-corrected chi connectivity index (χ4v) is 1.89. The van der Waals surface area contributed by atoms with Crippen LogP contribution in [-0.2, 0) is 9.53 Å². The number of rotatable bonds is 4. The van der Waals surface area contributed by atoms with E-state index in [0.717, 1.165) is 12.8 Å². The third kappa shape index (κ3) is 3.88. The molecule has 1 saturated heterocycles. The standard InChI is InChI=1S/C9H15BF3N2O2/c11-10(12,13)6-15-3-4-17-5-8(15)9(16)14-7-1-2-7/h7-8H,1-6H2,(H,14,16)/q-1. The predicted octanol–water partition coefficient (Wildman–Crippen LogP) is 0.352. The van der Waals surface area contributed by atoms with E-state index in [0.29, 0.717) is 0 Å². The molecular weight excluding hydrogens is 236 g/mol. The number of nitrogens with one attached hydrogen (secondary N) is 1. The van der Waals surface area contributed by atoms with Crippen molar-refractivity contribution in [1.29, 1.82) is 0 Å². The molecule has 2 aliphatic rings. The van der Waals surface area contributed by atoms with Crippen molar-refractivity contribution in [3.05, 3.63) is 0 Å². The molecule has 0 aromatic heterocycles. The van der Waals surface area contributed by atoms with Crippen molar-refractivity contribution in [2.24, 2.45) is 0 Å². The van der Waals surface area contributed by atoms with Gasteiger partial charge in [-0.15, -0.1) is 0 Å². The van der Waals surface area contributed by atoms with Gasteiger partial charge in [-0.1, -0.05) is 0 Å². The van der Waals surface area contributed by atoms with Crippen molar-refractivity contribution in [1.82, 2.24) is 10.2 Å². The van der Waals surface area contributed by atoms with E-state index in [-0.39, 0.29) is 31.7 Å². The van der Waals surface area contributed by atoms with Crippen molar-refractivity contribution in [2.45, 2.75) is 24.9 Å². The third-order valence-electron chi connectivity index (χ3n) is 2.91. The van der Waals surface area contributed by atoms with E-state index in [1.54, 1.807) is 0 Å². The molecule has 1 N–H and O–H groups in total. The lowest BCUT2D eigenvalue weighted by Crippen LogP contribution is -2.57. The number of amides is 1. The van der Waals surface area contributed by atoms with Crippen LogP contribution in [0.3, 0.4) is 0 Å². The van der Waals surface area contributed by atoms with E-state index >= 15 is 0 Å². The zero-order valence-corrected chi connectivity index (χ0v) is 9.37. The van der Waals surface area contributed by atoms with Gasteiger partial charge in [0.05, 0.1) is 13.2 Å². The highest BCUT2D eigenvalue weighted by Gasteiger charge is 2.36. The first kappa shape index (κ1) is 12.7. The molecule has 4 nitrogen and oxygen atoms in total. The van der Waals surface area contributed by atoms with Crippen LogP contribution in [0.25, 0.3) is 0 Å². The van der Waals surface area contributed by atoms with Gasteiger partial charge in [0, 0.05) is 12.6 Å². The van der Waals surface area contributed by atoms with Crippen LogP contribution < -0.4 is 5.32 Å². The van der Waals surface area contributed by atoms with Crippen LogP contribution in [0.15, 0.2) is 0 Å². The average Bonchev–Trinajstić information content (AvgIpc) is 3.00. The lowest BCUT2D eigenvalue weighted by molar-refractivity contribution is -0.132. The second-order valence-corrected chi connectivity index (χ2v) is 4.58. The molecule has 1 aliphatic heterocycles. The summed E-state index contributed by atoms with van der Waals surface area (Å²) in [6.45, 7) is -4.45. The highest BCUT2D eigenvalue weighted by atomic mass is 19.4. The predicted molar refractivity (Wildman–Crippen MR) is 56.4 cm³/mol. The quantitative estimate of drug-likeness (QED) is 0.733. The summed E-state index contributed by atoms with van der Waals surface area (Å²) in [6, 6.07) is -0.643. The Morgan fingerprint density at radius 1 is 1.41 bits per heavy atom. The molecule has 8 heteroatoms. The van der Waals surface area contributed by atoms with E-state index in [2.05, 4.69) is 5.32 Å². The highest BCUT2D eigenvalue weighted by Crippen LogP contribution is 2.20. The Morgan fingerprint density at radius 2 is 2.12 bits per heavy atom. The molecule has 1 saturated carbocycles. The molecule has 0 radical (unpaired) electrons. The average molecular weight is 251 g/mol.